The first-order chi connectivity index (χ1) is 10.6. The second-order valence-electron chi connectivity index (χ2n) is 5.31. The van der Waals surface area contributed by atoms with Crippen LogP contribution in [0.25, 0.3) is 11.1 Å². The summed E-state index contributed by atoms with van der Waals surface area (Å²) in [5, 5.41) is 0. The Morgan fingerprint density at radius 2 is 1.95 bits per heavy atom. The lowest BCUT2D eigenvalue weighted by Gasteiger charge is -2.08. The summed E-state index contributed by atoms with van der Waals surface area (Å²) in [5.74, 6) is 0.738. The van der Waals surface area contributed by atoms with E-state index in [1.165, 1.54) is 6.92 Å². The molecule has 0 fully saturated rings. The number of aryl methyl sites for hydroxylation is 1. The van der Waals surface area contributed by atoms with Crippen LogP contribution in [-0.4, -0.2) is 23.7 Å². The van der Waals surface area contributed by atoms with Crippen LogP contribution in [0.1, 0.15) is 53.2 Å². The molecule has 0 saturated carbocycles. The molecule has 1 aromatic heterocycles. The smallest absolute Gasteiger partial charge is 0.166 e. The maximum absolute atomic E-state index is 11.9. The lowest BCUT2D eigenvalue weighted by atomic mass is 9.98. The van der Waals surface area contributed by atoms with Crippen molar-refractivity contribution in [2.75, 3.05) is 6.61 Å². The molecule has 0 aliphatic rings. The van der Waals surface area contributed by atoms with Crippen molar-refractivity contribution in [1.29, 1.82) is 0 Å². The quantitative estimate of drug-likeness (QED) is 0.474. The second kappa shape index (κ2) is 7.07. The minimum absolute atomic E-state index is 0.0554. The van der Waals surface area contributed by atoms with E-state index in [1.54, 1.807) is 6.92 Å². The number of ketones is 1. The van der Waals surface area contributed by atoms with Crippen LogP contribution in [0.15, 0.2) is 24.3 Å². The summed E-state index contributed by atoms with van der Waals surface area (Å²) in [6.07, 6.45) is 2.86. The molecule has 0 bridgehead atoms. The van der Waals surface area contributed by atoms with Gasteiger partial charge in [0.15, 0.2) is 12.1 Å². The molecule has 0 aliphatic heterocycles. The Hall–Kier alpha value is -2.36. The Morgan fingerprint density at radius 3 is 2.50 bits per heavy atom. The highest BCUT2D eigenvalue weighted by Crippen LogP contribution is 2.31. The van der Waals surface area contributed by atoms with Gasteiger partial charge in [0.25, 0.3) is 0 Å². The number of aldehydes is 1. The predicted molar refractivity (Wildman–Crippen MR) is 86.8 cm³/mol. The van der Waals surface area contributed by atoms with Gasteiger partial charge >= 0.3 is 0 Å². The summed E-state index contributed by atoms with van der Waals surface area (Å²) >= 11 is 0. The van der Waals surface area contributed by atoms with Crippen molar-refractivity contribution in [2.24, 2.45) is 0 Å². The number of ether oxygens (including phenoxy) is 1. The molecule has 0 atom stereocenters. The number of hydrogen-bond acceptors (Lipinski definition) is 3. The molecule has 1 N–H and O–H groups in total. The zero-order valence-corrected chi connectivity index (χ0v) is 13.2. The first kappa shape index (κ1) is 16.0. The average Bonchev–Trinajstić information content (AvgIpc) is 2.85. The van der Waals surface area contributed by atoms with Crippen molar-refractivity contribution in [3.63, 3.8) is 0 Å². The van der Waals surface area contributed by atoms with Gasteiger partial charge in [-0.1, -0.05) is 25.5 Å². The molecule has 0 aliphatic carbocycles. The van der Waals surface area contributed by atoms with Crippen molar-refractivity contribution >= 4 is 12.1 Å². The number of Topliss-reactive ketones (excluding diaryl/α,β-unsaturated/α-hetero) is 1. The largest absolute Gasteiger partial charge is 0.494 e. The van der Waals surface area contributed by atoms with E-state index in [2.05, 4.69) is 11.9 Å². The molecular formula is C18H21NO3. The van der Waals surface area contributed by atoms with Gasteiger partial charge in [-0.25, -0.2) is 0 Å². The molecule has 4 nitrogen and oxygen atoms in total. The highest BCUT2D eigenvalue weighted by Gasteiger charge is 2.19. The van der Waals surface area contributed by atoms with E-state index in [9.17, 15) is 9.59 Å². The van der Waals surface area contributed by atoms with Crippen LogP contribution in [0.4, 0.5) is 0 Å². The standard InChI is InChI=1S/C18H21NO3/c1-4-5-10-22-15-8-6-14(7-9-15)18-16(11-20)19-12(2)17(18)13(3)21/h6-9,11,19H,4-5,10H2,1-3H3. The number of hydrogen-bond donors (Lipinski definition) is 1. The topological polar surface area (TPSA) is 59.2 Å². The van der Waals surface area contributed by atoms with Crippen molar-refractivity contribution in [1.82, 2.24) is 4.98 Å². The Labute approximate surface area is 130 Å². The van der Waals surface area contributed by atoms with Crippen LogP contribution in [0.5, 0.6) is 5.75 Å². The molecule has 0 amide bonds. The molecule has 2 aromatic rings. The number of H-pyrrole nitrogens is 1. The van der Waals surface area contributed by atoms with Gasteiger partial charge in [0, 0.05) is 16.8 Å². The summed E-state index contributed by atoms with van der Waals surface area (Å²) < 4.78 is 5.63. The lowest BCUT2D eigenvalue weighted by Crippen LogP contribution is -1.98. The molecule has 2 rings (SSSR count). The van der Waals surface area contributed by atoms with E-state index in [-0.39, 0.29) is 5.78 Å². The van der Waals surface area contributed by atoms with Crippen LogP contribution >= 0.6 is 0 Å². The second-order valence-corrected chi connectivity index (χ2v) is 5.31. The fourth-order valence-corrected chi connectivity index (χ4v) is 2.53. The normalized spacial score (nSPS) is 10.5. The summed E-state index contributed by atoms with van der Waals surface area (Å²) in [5.41, 5.74) is 3.22. The number of carbonyl (C=O) groups is 2. The third-order valence-corrected chi connectivity index (χ3v) is 3.60. The third kappa shape index (κ3) is 3.27. The molecule has 1 aromatic carbocycles. The van der Waals surface area contributed by atoms with Gasteiger partial charge in [0.05, 0.1) is 12.3 Å². The van der Waals surface area contributed by atoms with Crippen LogP contribution in [0, 0.1) is 6.92 Å². The Morgan fingerprint density at radius 1 is 1.27 bits per heavy atom. The van der Waals surface area contributed by atoms with Gasteiger partial charge in [-0.3, -0.25) is 9.59 Å². The van der Waals surface area contributed by atoms with Crippen molar-refractivity contribution in [3.8, 4) is 16.9 Å². The van der Waals surface area contributed by atoms with Crippen LogP contribution < -0.4 is 4.74 Å². The molecule has 0 unspecified atom stereocenters. The molecule has 22 heavy (non-hydrogen) atoms. The number of nitrogens with one attached hydrogen (secondary N) is 1. The highest BCUT2D eigenvalue weighted by molar-refractivity contribution is 6.06. The maximum Gasteiger partial charge on any atom is 0.166 e. The minimum atomic E-state index is -0.0554. The van der Waals surface area contributed by atoms with Crippen molar-refractivity contribution in [3.05, 3.63) is 41.2 Å². The van der Waals surface area contributed by atoms with Crippen molar-refractivity contribution < 1.29 is 14.3 Å². The Balaban J connectivity index is 2.35. The van der Waals surface area contributed by atoms with Gasteiger partial charge in [-0.05, 0) is 38.0 Å². The maximum atomic E-state index is 11.9. The highest BCUT2D eigenvalue weighted by atomic mass is 16.5. The third-order valence-electron chi connectivity index (χ3n) is 3.60. The number of aromatic amines is 1. The molecule has 0 spiro atoms. The first-order valence-electron chi connectivity index (χ1n) is 7.50. The number of unbranched alkanes of at least 4 members (excludes halogenated alkanes) is 1. The van der Waals surface area contributed by atoms with Gasteiger partial charge in [-0.2, -0.15) is 0 Å². The van der Waals surface area contributed by atoms with Gasteiger partial charge in [-0.15, -0.1) is 0 Å². The van der Waals surface area contributed by atoms with Gasteiger partial charge in [0.1, 0.15) is 5.75 Å². The zero-order chi connectivity index (χ0) is 16.1. The SMILES string of the molecule is CCCCOc1ccc(-c2c(C=O)[nH]c(C)c2C(C)=O)cc1. The van der Waals surface area contributed by atoms with E-state index in [0.29, 0.717) is 29.1 Å². The predicted octanol–water partition coefficient (Wildman–Crippen LogP) is 4.18. The van der Waals surface area contributed by atoms with E-state index in [4.69, 9.17) is 4.74 Å². The lowest BCUT2D eigenvalue weighted by molar-refractivity contribution is 0.101. The van der Waals surface area contributed by atoms with Crippen LogP contribution in [0.2, 0.25) is 0 Å². The van der Waals surface area contributed by atoms with Gasteiger partial charge < -0.3 is 9.72 Å². The van der Waals surface area contributed by atoms with Crippen LogP contribution in [0.3, 0.4) is 0 Å². The fraction of sp³-hybridized carbons (Fsp3) is 0.333. The average molecular weight is 299 g/mol. The fourth-order valence-electron chi connectivity index (χ4n) is 2.53. The molecule has 0 radical (unpaired) electrons. The first-order valence-corrected chi connectivity index (χ1v) is 7.50. The number of carbonyl (C=O) groups excluding carboxylic acids is 2. The van der Waals surface area contributed by atoms with Gasteiger partial charge in [0.2, 0.25) is 0 Å². The molecule has 116 valence electrons. The zero-order valence-electron chi connectivity index (χ0n) is 13.2. The monoisotopic (exact) mass is 299 g/mol. The number of aromatic nitrogens is 1. The number of rotatable bonds is 7. The van der Waals surface area contributed by atoms with Crippen molar-refractivity contribution in [2.45, 2.75) is 33.6 Å². The van der Waals surface area contributed by atoms with E-state index >= 15 is 0 Å². The Kier molecular flexibility index (Phi) is 5.15. The van der Waals surface area contributed by atoms with E-state index in [0.717, 1.165) is 30.4 Å². The summed E-state index contributed by atoms with van der Waals surface area (Å²) in [4.78, 5) is 26.1. The minimum Gasteiger partial charge on any atom is -0.494 e. The van der Waals surface area contributed by atoms with E-state index < -0.39 is 0 Å². The van der Waals surface area contributed by atoms with E-state index in [1.807, 2.05) is 24.3 Å². The molecular weight excluding hydrogens is 278 g/mol. The molecule has 1 heterocycles. The van der Waals surface area contributed by atoms with Crippen LogP contribution in [-0.2, 0) is 0 Å². The molecule has 0 saturated heterocycles. The summed E-state index contributed by atoms with van der Waals surface area (Å²) in [6.45, 7) is 6.12. The molecule has 4 heteroatoms. The summed E-state index contributed by atoms with van der Waals surface area (Å²) in [7, 11) is 0. The summed E-state index contributed by atoms with van der Waals surface area (Å²) in [6, 6.07) is 7.49. The number of benzene rings is 1. The Bertz CT molecular complexity index is 668.